The molecule has 0 radical (unpaired) electrons. The highest BCUT2D eigenvalue weighted by atomic mass is 35.5. The highest BCUT2D eigenvalue weighted by Gasteiger charge is 2.23. The van der Waals surface area contributed by atoms with Gasteiger partial charge in [0.25, 0.3) is 0 Å². The lowest BCUT2D eigenvalue weighted by molar-refractivity contribution is -0.117. The van der Waals surface area contributed by atoms with Crippen molar-refractivity contribution in [2.45, 2.75) is 18.4 Å². The first-order valence-corrected chi connectivity index (χ1v) is 14.1. The number of nitrogens with one attached hydrogen (secondary N) is 1. The van der Waals surface area contributed by atoms with Gasteiger partial charge in [-0.2, -0.15) is 0 Å². The Bertz CT molecular complexity index is 1640. The van der Waals surface area contributed by atoms with Crippen LogP contribution in [0.3, 0.4) is 0 Å². The fourth-order valence-corrected chi connectivity index (χ4v) is 5.33. The number of carbonyl (C=O) groups is 2. The van der Waals surface area contributed by atoms with Gasteiger partial charge in [0, 0.05) is 10.7 Å². The van der Waals surface area contributed by atoms with Gasteiger partial charge in [-0.3, -0.25) is 4.79 Å². The van der Waals surface area contributed by atoms with Crippen molar-refractivity contribution in [1.82, 2.24) is 4.72 Å². The predicted molar refractivity (Wildman–Crippen MR) is 154 cm³/mol. The molecular weight excluding hydrogens is 552 g/mol. The van der Waals surface area contributed by atoms with Gasteiger partial charge in [-0.15, -0.1) is 0 Å². The van der Waals surface area contributed by atoms with Crippen LogP contribution >= 0.6 is 11.6 Å². The van der Waals surface area contributed by atoms with Crippen molar-refractivity contribution in [3.8, 4) is 16.9 Å². The number of methoxy groups -OCH3 is 1. The lowest BCUT2D eigenvalue weighted by Gasteiger charge is -2.24. The van der Waals surface area contributed by atoms with Crippen molar-refractivity contribution in [3.63, 3.8) is 0 Å². The molecule has 4 rings (SSSR count). The number of esters is 1. The number of hydrogen-bond acceptors (Lipinski definition) is 6. The Labute approximate surface area is 237 Å². The summed E-state index contributed by atoms with van der Waals surface area (Å²) in [5, 5.41) is 10.6. The van der Waals surface area contributed by atoms with E-state index in [1.807, 2.05) is 37.3 Å². The van der Waals surface area contributed by atoms with Crippen LogP contribution in [-0.2, 0) is 26.1 Å². The predicted octanol–water partition coefficient (Wildman–Crippen LogP) is 5.32. The number of sulfonamides is 1. The van der Waals surface area contributed by atoms with Crippen molar-refractivity contribution in [2.75, 3.05) is 18.6 Å². The fourth-order valence-electron chi connectivity index (χ4n) is 4.14. The Morgan fingerprint density at radius 1 is 0.950 bits per heavy atom. The summed E-state index contributed by atoms with van der Waals surface area (Å²) in [4.78, 5) is 26.9. The molecule has 4 aromatic carbocycles. The quantitative estimate of drug-likeness (QED) is 0.260. The molecule has 0 spiro atoms. The molecule has 4 aromatic rings. The number of aromatic hydroxyl groups is 1. The number of ether oxygens (including phenoxy) is 1. The van der Waals surface area contributed by atoms with E-state index in [9.17, 15) is 23.1 Å². The van der Waals surface area contributed by atoms with Gasteiger partial charge in [0.2, 0.25) is 15.9 Å². The number of anilines is 1. The monoisotopic (exact) mass is 578 g/mol. The molecule has 0 unspecified atom stereocenters. The van der Waals surface area contributed by atoms with E-state index in [2.05, 4.69) is 4.72 Å². The summed E-state index contributed by atoms with van der Waals surface area (Å²) in [6.07, 6.45) is 0. The summed E-state index contributed by atoms with van der Waals surface area (Å²) in [5.74, 6) is -1.68. The number of phenolic OH excluding ortho intramolecular Hbond substituents is 1. The number of amides is 1. The molecule has 0 fully saturated rings. The fraction of sp³-hybridized carbons (Fsp3) is 0.133. The van der Waals surface area contributed by atoms with Gasteiger partial charge in [-0.25, -0.2) is 17.9 Å². The van der Waals surface area contributed by atoms with Crippen LogP contribution in [0.25, 0.3) is 11.1 Å². The van der Waals surface area contributed by atoms with Crippen LogP contribution in [-0.4, -0.2) is 39.1 Å². The average molecular weight is 579 g/mol. The average Bonchev–Trinajstić information content (AvgIpc) is 2.96. The molecule has 0 aliphatic carbocycles. The third-order valence-corrected chi connectivity index (χ3v) is 7.91. The number of hydrogen-bond donors (Lipinski definition) is 2. The van der Waals surface area contributed by atoms with Gasteiger partial charge in [-0.05, 0) is 71.6 Å². The van der Waals surface area contributed by atoms with Crippen LogP contribution in [0.2, 0.25) is 5.02 Å². The highest BCUT2D eigenvalue weighted by Crippen LogP contribution is 2.28. The summed E-state index contributed by atoms with van der Waals surface area (Å²) in [5.41, 5.74) is 3.47. The lowest BCUT2D eigenvalue weighted by Crippen LogP contribution is -2.40. The molecule has 0 saturated carbocycles. The minimum atomic E-state index is -4.03. The summed E-state index contributed by atoms with van der Waals surface area (Å²) in [6.45, 7) is 1.32. The van der Waals surface area contributed by atoms with E-state index in [4.69, 9.17) is 16.3 Å². The zero-order chi connectivity index (χ0) is 28.9. The van der Waals surface area contributed by atoms with E-state index in [0.29, 0.717) is 10.6 Å². The maximum absolute atomic E-state index is 13.4. The molecule has 0 aromatic heterocycles. The zero-order valence-electron chi connectivity index (χ0n) is 21.8. The van der Waals surface area contributed by atoms with E-state index in [0.717, 1.165) is 16.7 Å². The number of benzene rings is 4. The molecule has 0 atom stereocenters. The largest absolute Gasteiger partial charge is 0.507 e. The number of rotatable bonds is 9. The molecule has 0 aliphatic rings. The number of halogens is 1. The zero-order valence-corrected chi connectivity index (χ0v) is 23.4. The summed E-state index contributed by atoms with van der Waals surface area (Å²) in [6, 6.07) is 25.2. The number of phenols is 1. The number of nitrogens with zero attached hydrogens (tertiary/aromatic N) is 1. The maximum Gasteiger partial charge on any atom is 0.341 e. The Kier molecular flexibility index (Phi) is 8.89. The SMILES string of the molecule is COC(=O)c1cc(N(Cc2ccc(Cl)cc2)C(=O)CNS(=O)(=O)c2ccc(-c3ccccc3)c(C)c2)ccc1O. The van der Waals surface area contributed by atoms with Gasteiger partial charge in [0.05, 0.1) is 25.1 Å². The summed E-state index contributed by atoms with van der Waals surface area (Å²) >= 11 is 5.99. The van der Waals surface area contributed by atoms with Gasteiger partial charge < -0.3 is 14.7 Å². The smallest absolute Gasteiger partial charge is 0.341 e. The van der Waals surface area contributed by atoms with Gasteiger partial charge in [0.15, 0.2) is 0 Å². The Balaban J connectivity index is 1.59. The van der Waals surface area contributed by atoms with Crippen molar-refractivity contribution < 1.29 is 27.9 Å². The second-order valence-electron chi connectivity index (χ2n) is 8.97. The standard InChI is InChI=1S/C30H27ClN2O6S/c1-20-16-25(13-14-26(20)22-6-4-3-5-7-22)40(37,38)32-18-29(35)33(19-21-8-10-23(31)11-9-21)24-12-15-28(34)27(17-24)30(36)39-2/h3-17,32,34H,18-19H2,1-2H3. The molecule has 0 bridgehead atoms. The molecule has 206 valence electrons. The van der Waals surface area contributed by atoms with E-state index in [1.54, 1.807) is 36.4 Å². The van der Waals surface area contributed by atoms with Crippen molar-refractivity contribution in [2.24, 2.45) is 0 Å². The Morgan fingerprint density at radius 3 is 2.30 bits per heavy atom. The minimum absolute atomic E-state index is 0.0272. The van der Waals surface area contributed by atoms with Crippen LogP contribution in [0.4, 0.5) is 5.69 Å². The molecule has 1 amide bonds. The van der Waals surface area contributed by atoms with Crippen LogP contribution in [0.5, 0.6) is 5.75 Å². The van der Waals surface area contributed by atoms with E-state index >= 15 is 0 Å². The Morgan fingerprint density at radius 2 is 1.65 bits per heavy atom. The molecule has 0 heterocycles. The van der Waals surface area contributed by atoms with Gasteiger partial charge in [-0.1, -0.05) is 60.1 Å². The third-order valence-electron chi connectivity index (χ3n) is 6.26. The molecule has 8 nitrogen and oxygen atoms in total. The van der Waals surface area contributed by atoms with Crippen LogP contribution < -0.4 is 9.62 Å². The van der Waals surface area contributed by atoms with Crippen LogP contribution in [0.1, 0.15) is 21.5 Å². The molecular formula is C30H27ClN2O6S. The van der Waals surface area contributed by atoms with Gasteiger partial charge >= 0.3 is 5.97 Å². The lowest BCUT2D eigenvalue weighted by atomic mass is 10.0. The number of aryl methyl sites for hydroxylation is 1. The second kappa shape index (κ2) is 12.3. The summed E-state index contributed by atoms with van der Waals surface area (Å²) < 4.78 is 33.4. The van der Waals surface area contributed by atoms with Crippen molar-refractivity contribution in [1.29, 1.82) is 0 Å². The third kappa shape index (κ3) is 6.69. The molecule has 10 heteroatoms. The van der Waals surface area contributed by atoms with Crippen LogP contribution in [0.15, 0.2) is 95.9 Å². The topological polar surface area (TPSA) is 113 Å². The first kappa shape index (κ1) is 28.8. The second-order valence-corrected chi connectivity index (χ2v) is 11.2. The first-order valence-electron chi connectivity index (χ1n) is 12.2. The normalized spacial score (nSPS) is 11.2. The minimum Gasteiger partial charge on any atom is -0.507 e. The highest BCUT2D eigenvalue weighted by molar-refractivity contribution is 7.89. The molecule has 2 N–H and O–H groups in total. The molecule has 0 aliphatic heterocycles. The van der Waals surface area contributed by atoms with Crippen LogP contribution in [0, 0.1) is 6.92 Å². The number of carbonyl (C=O) groups excluding carboxylic acids is 2. The van der Waals surface area contributed by atoms with Crippen molar-refractivity contribution in [3.05, 3.63) is 113 Å². The van der Waals surface area contributed by atoms with E-state index < -0.39 is 28.4 Å². The van der Waals surface area contributed by atoms with Crippen molar-refractivity contribution >= 4 is 39.2 Å². The summed E-state index contributed by atoms with van der Waals surface area (Å²) in [7, 11) is -2.86. The molecule has 40 heavy (non-hydrogen) atoms. The Hall–Kier alpha value is -4.18. The molecule has 0 saturated heterocycles. The maximum atomic E-state index is 13.4. The van der Waals surface area contributed by atoms with E-state index in [-0.39, 0.29) is 28.4 Å². The van der Waals surface area contributed by atoms with Gasteiger partial charge in [0.1, 0.15) is 11.3 Å². The first-order chi connectivity index (χ1) is 19.1. The van der Waals surface area contributed by atoms with E-state index in [1.165, 1.54) is 36.3 Å².